The van der Waals surface area contributed by atoms with Gasteiger partial charge < -0.3 is 30.9 Å². The number of aliphatic hydroxyl groups excluding tert-OH is 1. The van der Waals surface area contributed by atoms with Crippen molar-refractivity contribution in [2.45, 2.75) is 57.8 Å². The number of aliphatic hydroxyl groups is 1. The summed E-state index contributed by atoms with van der Waals surface area (Å²) in [6.07, 6.45) is 5.25. The molecule has 0 amide bonds. The lowest BCUT2D eigenvalue weighted by atomic mass is 10.1. The standard InChI is InChI=1S/C24H35N7O3/c1-3-18(6-9-32)28-23-22-20(29-24(25)30-23)14-27-31(22)15-17-5-4-16(12-21(17)33-2)13-26-19-7-10-34-11-8-19/h4-5,12,14,18-19,26,32H,3,6-11,13,15H2,1-2H3,(H3,25,28,29,30). The normalized spacial score (nSPS) is 15.5. The van der Waals surface area contributed by atoms with Crippen LogP contribution in [0.5, 0.6) is 5.75 Å². The van der Waals surface area contributed by atoms with E-state index in [0.29, 0.717) is 30.3 Å². The summed E-state index contributed by atoms with van der Waals surface area (Å²) in [5, 5.41) is 21.0. The van der Waals surface area contributed by atoms with Crippen LogP contribution in [0.3, 0.4) is 0 Å². The molecule has 0 radical (unpaired) electrons. The number of nitrogens with two attached hydrogens (primary N) is 1. The number of nitrogen functional groups attached to an aromatic ring is 1. The number of aromatic nitrogens is 4. The van der Waals surface area contributed by atoms with Gasteiger partial charge in [0, 0.05) is 44.0 Å². The maximum Gasteiger partial charge on any atom is 0.222 e. The molecule has 1 atom stereocenters. The number of fused-ring (bicyclic) bond motifs is 1. The Labute approximate surface area is 199 Å². The third kappa shape index (κ3) is 5.75. The Morgan fingerprint density at radius 3 is 2.85 bits per heavy atom. The van der Waals surface area contributed by atoms with E-state index < -0.39 is 0 Å². The minimum atomic E-state index is 0.0721. The van der Waals surface area contributed by atoms with Crippen molar-refractivity contribution < 1.29 is 14.6 Å². The van der Waals surface area contributed by atoms with Crippen LogP contribution in [0.25, 0.3) is 11.0 Å². The number of anilines is 2. The van der Waals surface area contributed by atoms with Crippen LogP contribution in [-0.2, 0) is 17.8 Å². The van der Waals surface area contributed by atoms with Crippen molar-refractivity contribution in [1.29, 1.82) is 0 Å². The van der Waals surface area contributed by atoms with Gasteiger partial charge in [0.1, 0.15) is 16.8 Å². The van der Waals surface area contributed by atoms with Crippen LogP contribution in [0.1, 0.15) is 43.7 Å². The first kappa shape index (κ1) is 24.2. The number of methoxy groups -OCH3 is 1. The topological polar surface area (TPSA) is 132 Å². The fraction of sp³-hybridized carbons (Fsp3) is 0.542. The molecule has 4 rings (SSSR count). The minimum absolute atomic E-state index is 0.0721. The zero-order valence-electron chi connectivity index (χ0n) is 20.0. The lowest BCUT2D eigenvalue weighted by Crippen LogP contribution is -2.34. The smallest absolute Gasteiger partial charge is 0.222 e. The predicted molar refractivity (Wildman–Crippen MR) is 132 cm³/mol. The number of hydrogen-bond acceptors (Lipinski definition) is 9. The average Bonchev–Trinajstić information content (AvgIpc) is 3.26. The summed E-state index contributed by atoms with van der Waals surface area (Å²) in [7, 11) is 1.69. The van der Waals surface area contributed by atoms with Gasteiger partial charge in [0.25, 0.3) is 0 Å². The van der Waals surface area contributed by atoms with Crippen molar-refractivity contribution in [2.75, 3.05) is 38.0 Å². The molecule has 0 aliphatic carbocycles. The van der Waals surface area contributed by atoms with Crippen LogP contribution in [0.2, 0.25) is 0 Å². The molecule has 0 saturated carbocycles. The lowest BCUT2D eigenvalue weighted by molar-refractivity contribution is 0.0776. The summed E-state index contributed by atoms with van der Waals surface area (Å²) in [4.78, 5) is 8.78. The molecule has 2 aromatic heterocycles. The van der Waals surface area contributed by atoms with Crippen molar-refractivity contribution in [1.82, 2.24) is 25.1 Å². The average molecular weight is 470 g/mol. The highest BCUT2D eigenvalue weighted by molar-refractivity contribution is 5.86. The van der Waals surface area contributed by atoms with Gasteiger partial charge in [-0.3, -0.25) is 4.68 Å². The van der Waals surface area contributed by atoms with Gasteiger partial charge in [-0.25, -0.2) is 4.98 Å². The van der Waals surface area contributed by atoms with Crippen LogP contribution in [0, 0.1) is 0 Å². The molecule has 0 bridgehead atoms. The second kappa shape index (κ2) is 11.5. The van der Waals surface area contributed by atoms with Gasteiger partial charge in [0.05, 0.1) is 19.9 Å². The molecule has 1 aliphatic rings. The van der Waals surface area contributed by atoms with Crippen LogP contribution in [0.15, 0.2) is 24.4 Å². The SMILES string of the molecule is CCC(CCO)Nc1nc(N)nc2cnn(Cc3ccc(CNC4CCOCC4)cc3OC)c12. The Morgan fingerprint density at radius 1 is 1.29 bits per heavy atom. The third-order valence-electron chi connectivity index (χ3n) is 6.30. The fourth-order valence-corrected chi connectivity index (χ4v) is 4.32. The number of ether oxygens (including phenoxy) is 2. The first-order chi connectivity index (χ1) is 16.6. The predicted octanol–water partition coefficient (Wildman–Crippen LogP) is 2.31. The molecule has 184 valence electrons. The van der Waals surface area contributed by atoms with Gasteiger partial charge in [0.2, 0.25) is 5.95 Å². The highest BCUT2D eigenvalue weighted by atomic mass is 16.5. The van der Waals surface area contributed by atoms with Crippen molar-refractivity contribution in [3.8, 4) is 5.75 Å². The van der Waals surface area contributed by atoms with Crippen LogP contribution >= 0.6 is 0 Å². The first-order valence-corrected chi connectivity index (χ1v) is 11.9. The summed E-state index contributed by atoms with van der Waals surface area (Å²) in [5.74, 6) is 1.62. The molecule has 1 fully saturated rings. The largest absolute Gasteiger partial charge is 0.496 e. The van der Waals surface area contributed by atoms with E-state index in [1.54, 1.807) is 13.3 Å². The maximum atomic E-state index is 9.38. The number of rotatable bonds is 11. The Morgan fingerprint density at radius 2 is 2.12 bits per heavy atom. The molecule has 1 unspecified atom stereocenters. The summed E-state index contributed by atoms with van der Waals surface area (Å²) >= 11 is 0. The van der Waals surface area contributed by atoms with E-state index in [4.69, 9.17) is 15.2 Å². The molecule has 5 N–H and O–H groups in total. The minimum Gasteiger partial charge on any atom is -0.496 e. The molecule has 3 heterocycles. The molecule has 10 nitrogen and oxygen atoms in total. The van der Waals surface area contributed by atoms with Gasteiger partial charge in [-0.2, -0.15) is 10.1 Å². The molecular formula is C24H35N7O3. The summed E-state index contributed by atoms with van der Waals surface area (Å²) in [6, 6.07) is 6.85. The van der Waals surface area contributed by atoms with Crippen molar-refractivity contribution in [3.63, 3.8) is 0 Å². The molecule has 3 aromatic rings. The van der Waals surface area contributed by atoms with E-state index in [9.17, 15) is 5.11 Å². The molecule has 1 aromatic carbocycles. The van der Waals surface area contributed by atoms with Gasteiger partial charge in [0.15, 0.2) is 5.82 Å². The van der Waals surface area contributed by atoms with E-state index in [-0.39, 0.29) is 18.6 Å². The number of nitrogens with one attached hydrogen (secondary N) is 2. The zero-order chi connectivity index (χ0) is 23.9. The van der Waals surface area contributed by atoms with Gasteiger partial charge in [-0.05, 0) is 37.3 Å². The lowest BCUT2D eigenvalue weighted by Gasteiger charge is -2.23. The Bertz CT molecular complexity index is 1080. The van der Waals surface area contributed by atoms with Crippen molar-refractivity contribution in [2.24, 2.45) is 0 Å². The number of nitrogens with zero attached hydrogens (tertiary/aromatic N) is 4. The highest BCUT2D eigenvalue weighted by Crippen LogP contribution is 2.27. The molecular weight excluding hydrogens is 434 g/mol. The fourth-order valence-electron chi connectivity index (χ4n) is 4.32. The van der Waals surface area contributed by atoms with Crippen LogP contribution in [0.4, 0.5) is 11.8 Å². The number of hydrogen-bond donors (Lipinski definition) is 4. The Balaban J connectivity index is 1.55. The second-order valence-electron chi connectivity index (χ2n) is 8.64. The molecule has 1 saturated heterocycles. The monoisotopic (exact) mass is 469 g/mol. The second-order valence-corrected chi connectivity index (χ2v) is 8.64. The van der Waals surface area contributed by atoms with Gasteiger partial charge in [-0.15, -0.1) is 0 Å². The molecule has 0 spiro atoms. The Hall–Kier alpha value is -2.95. The van der Waals surface area contributed by atoms with E-state index in [1.165, 1.54) is 5.56 Å². The first-order valence-electron chi connectivity index (χ1n) is 11.9. The van der Waals surface area contributed by atoms with E-state index in [0.717, 1.165) is 55.9 Å². The van der Waals surface area contributed by atoms with E-state index in [2.05, 4.69) is 50.8 Å². The Kier molecular flexibility index (Phi) is 8.15. The van der Waals surface area contributed by atoms with Crippen molar-refractivity contribution >= 4 is 22.8 Å². The van der Waals surface area contributed by atoms with E-state index >= 15 is 0 Å². The van der Waals surface area contributed by atoms with Crippen LogP contribution < -0.4 is 21.1 Å². The number of benzene rings is 1. The molecule has 1 aliphatic heterocycles. The zero-order valence-corrected chi connectivity index (χ0v) is 20.0. The maximum absolute atomic E-state index is 9.38. The highest BCUT2D eigenvalue weighted by Gasteiger charge is 2.18. The third-order valence-corrected chi connectivity index (χ3v) is 6.30. The van der Waals surface area contributed by atoms with Gasteiger partial charge in [-0.1, -0.05) is 19.1 Å². The summed E-state index contributed by atoms with van der Waals surface area (Å²) in [5.41, 5.74) is 9.57. The molecule has 34 heavy (non-hydrogen) atoms. The van der Waals surface area contributed by atoms with E-state index in [1.807, 2.05) is 4.68 Å². The summed E-state index contributed by atoms with van der Waals surface area (Å²) < 4.78 is 13.0. The quantitative estimate of drug-likeness (QED) is 0.334. The molecule has 10 heteroatoms. The van der Waals surface area contributed by atoms with Crippen molar-refractivity contribution in [3.05, 3.63) is 35.5 Å². The van der Waals surface area contributed by atoms with Crippen LogP contribution in [-0.4, -0.2) is 63.9 Å². The summed E-state index contributed by atoms with van der Waals surface area (Å²) in [6.45, 7) is 5.10. The van der Waals surface area contributed by atoms with Gasteiger partial charge >= 0.3 is 0 Å².